The number of carbonyl (C=O) groups excluding carboxylic acids is 1. The Kier molecular flexibility index (Phi) is 14.3. The van der Waals surface area contributed by atoms with E-state index in [2.05, 4.69) is 21.7 Å². The minimum absolute atomic E-state index is 0.167. The molecule has 42 heavy (non-hydrogen) atoms. The van der Waals surface area contributed by atoms with Gasteiger partial charge in [-0.15, -0.1) is 0 Å². The van der Waals surface area contributed by atoms with Crippen LogP contribution in [0.4, 0.5) is 9.18 Å². The highest BCUT2D eigenvalue weighted by atomic mass is 19.1. The van der Waals surface area contributed by atoms with E-state index in [-0.39, 0.29) is 37.7 Å². The Morgan fingerprint density at radius 2 is 1.88 bits per heavy atom. The van der Waals surface area contributed by atoms with Crippen molar-refractivity contribution in [1.29, 1.82) is 5.26 Å². The van der Waals surface area contributed by atoms with Crippen molar-refractivity contribution in [1.82, 2.24) is 30.0 Å². The number of ether oxygens (including phenoxy) is 1. The number of aliphatic hydroxyl groups excluding tert-OH is 2. The average Bonchev–Trinajstić information content (AvgIpc) is 3.48. The normalized spacial score (nSPS) is 20.6. The number of hydrogen-bond donors (Lipinski definition) is 4. The molecule has 2 aromatic rings. The summed E-state index contributed by atoms with van der Waals surface area (Å²) in [4.78, 5) is 20.2. The summed E-state index contributed by atoms with van der Waals surface area (Å²) in [7, 11) is 0. The molecule has 0 saturated carbocycles. The lowest BCUT2D eigenvalue weighted by atomic mass is 10.0. The molecule has 4 rings (SSSR count). The maximum Gasteiger partial charge on any atom is 0.410 e. The first-order valence-electron chi connectivity index (χ1n) is 14.6. The van der Waals surface area contributed by atoms with Gasteiger partial charge in [0.25, 0.3) is 0 Å². The fourth-order valence-corrected chi connectivity index (χ4v) is 4.77. The molecule has 0 bridgehead atoms. The molecule has 234 valence electrons. The van der Waals surface area contributed by atoms with Gasteiger partial charge in [-0.3, -0.25) is 4.90 Å². The van der Waals surface area contributed by atoms with Crippen molar-refractivity contribution in [3.63, 3.8) is 0 Å². The molecular weight excluding hydrogens is 541 g/mol. The monoisotopic (exact) mass is 589 g/mol. The van der Waals surface area contributed by atoms with Crippen molar-refractivity contribution in [2.45, 2.75) is 71.3 Å². The van der Waals surface area contributed by atoms with Gasteiger partial charge in [-0.2, -0.15) is 5.26 Å². The Morgan fingerprint density at radius 1 is 1.19 bits per heavy atom. The molecular formula is C30H48FN7O4. The van der Waals surface area contributed by atoms with E-state index < -0.39 is 23.8 Å². The highest BCUT2D eigenvalue weighted by Crippen LogP contribution is 2.29. The molecule has 1 aromatic heterocycles. The fourth-order valence-electron chi connectivity index (χ4n) is 4.77. The number of nitrogens with zero attached hydrogens (tertiary/aromatic N) is 5. The molecule has 2 fully saturated rings. The van der Waals surface area contributed by atoms with Crippen LogP contribution < -0.4 is 10.6 Å². The zero-order valence-corrected chi connectivity index (χ0v) is 25.8. The van der Waals surface area contributed by atoms with Gasteiger partial charge in [0.2, 0.25) is 0 Å². The lowest BCUT2D eigenvalue weighted by Gasteiger charge is -2.42. The molecule has 12 heteroatoms. The molecule has 3 heterocycles. The Morgan fingerprint density at radius 3 is 2.40 bits per heavy atom. The van der Waals surface area contributed by atoms with E-state index in [1.54, 1.807) is 50.3 Å². The maximum atomic E-state index is 13.3. The summed E-state index contributed by atoms with van der Waals surface area (Å²) in [6, 6.07) is 7.58. The van der Waals surface area contributed by atoms with Crippen molar-refractivity contribution < 1.29 is 24.1 Å². The fraction of sp³-hybridized carbons (Fsp3) is 0.633. The van der Waals surface area contributed by atoms with Crippen LogP contribution in [-0.4, -0.2) is 106 Å². The Labute approximate surface area is 249 Å². The van der Waals surface area contributed by atoms with Crippen molar-refractivity contribution in [2.24, 2.45) is 0 Å². The lowest BCUT2D eigenvalue weighted by Crippen LogP contribution is -2.57. The Bertz CT molecular complexity index is 1110. The van der Waals surface area contributed by atoms with E-state index in [1.165, 1.54) is 12.1 Å². The van der Waals surface area contributed by atoms with Crippen molar-refractivity contribution in [3.8, 4) is 6.07 Å². The number of imidazole rings is 1. The number of nitriles is 1. The van der Waals surface area contributed by atoms with E-state index in [0.29, 0.717) is 18.8 Å². The average molecular weight is 590 g/mol. The van der Waals surface area contributed by atoms with Gasteiger partial charge in [-0.05, 0) is 45.4 Å². The first kappa shape index (κ1) is 35.1. The number of carbonyl (C=O) groups is 1. The van der Waals surface area contributed by atoms with Gasteiger partial charge in [-0.25, -0.2) is 14.2 Å². The topological polar surface area (TPSA) is 139 Å². The highest BCUT2D eigenvalue weighted by molar-refractivity contribution is 5.68. The van der Waals surface area contributed by atoms with E-state index in [0.717, 1.165) is 25.2 Å². The molecule has 0 spiro atoms. The van der Waals surface area contributed by atoms with Gasteiger partial charge in [0.1, 0.15) is 17.5 Å². The predicted octanol–water partition coefficient (Wildman–Crippen LogP) is 2.68. The third-order valence-electron chi connectivity index (χ3n) is 6.94. The number of amides is 1. The van der Waals surface area contributed by atoms with Gasteiger partial charge >= 0.3 is 6.09 Å². The molecule has 1 amide bonds. The molecule has 2 saturated heterocycles. The lowest BCUT2D eigenvalue weighted by molar-refractivity contribution is -0.0107. The molecule has 1 aromatic carbocycles. The zero-order valence-electron chi connectivity index (χ0n) is 25.8. The second kappa shape index (κ2) is 17.1. The van der Waals surface area contributed by atoms with E-state index >= 15 is 0 Å². The summed E-state index contributed by atoms with van der Waals surface area (Å²) in [5, 5.41) is 35.0. The molecule has 2 aliphatic rings. The zero-order chi connectivity index (χ0) is 31.3. The number of halogens is 1. The largest absolute Gasteiger partial charge is 0.444 e. The first-order valence-corrected chi connectivity index (χ1v) is 14.6. The molecule has 4 atom stereocenters. The van der Waals surface area contributed by atoms with Crippen LogP contribution in [0.15, 0.2) is 36.8 Å². The SMILES string of the molecule is CC.C[C@H](c1ccc(F)cc1)n1cncc1C(C#N)N1CCN(C(=O)OC(C)(C)C)CC1CO.OCC1CNCCN1. The van der Waals surface area contributed by atoms with E-state index in [1.807, 2.05) is 30.2 Å². The molecule has 0 radical (unpaired) electrons. The van der Waals surface area contributed by atoms with Gasteiger partial charge < -0.3 is 35.1 Å². The minimum Gasteiger partial charge on any atom is -0.444 e. The van der Waals surface area contributed by atoms with Gasteiger partial charge in [0.05, 0.1) is 49.6 Å². The Hall–Kier alpha value is -3.08. The van der Waals surface area contributed by atoms with E-state index in [4.69, 9.17) is 9.84 Å². The van der Waals surface area contributed by atoms with Crippen LogP contribution >= 0.6 is 0 Å². The van der Waals surface area contributed by atoms with Gasteiger partial charge in [0, 0.05) is 45.3 Å². The third-order valence-corrected chi connectivity index (χ3v) is 6.94. The van der Waals surface area contributed by atoms with Crippen molar-refractivity contribution >= 4 is 6.09 Å². The summed E-state index contributed by atoms with van der Waals surface area (Å²) in [6.45, 7) is 15.3. The van der Waals surface area contributed by atoms with Crippen LogP contribution in [0.1, 0.15) is 64.9 Å². The smallest absolute Gasteiger partial charge is 0.410 e. The minimum atomic E-state index is -0.668. The van der Waals surface area contributed by atoms with Crippen LogP contribution in [0.5, 0.6) is 0 Å². The van der Waals surface area contributed by atoms with E-state index in [9.17, 15) is 19.6 Å². The predicted molar refractivity (Wildman–Crippen MR) is 159 cm³/mol. The Balaban J connectivity index is 0.000000525. The summed E-state index contributed by atoms with van der Waals surface area (Å²) in [5.74, 6) is -0.310. The first-order chi connectivity index (χ1) is 20.1. The number of nitrogens with one attached hydrogen (secondary N) is 2. The van der Waals surface area contributed by atoms with Crippen LogP contribution in [0.25, 0.3) is 0 Å². The van der Waals surface area contributed by atoms with Crippen LogP contribution in [0.2, 0.25) is 0 Å². The summed E-state index contributed by atoms with van der Waals surface area (Å²) in [6.07, 6.45) is 2.86. The standard InChI is InChI=1S/C23H30FN5O3.C5H12N2O.C2H6/c1-16(17-5-7-18(24)8-6-17)29-15-26-12-21(29)20(11-25)28-10-9-27(13-19(28)14-30)22(31)32-23(2,3)4;8-4-5-3-6-1-2-7-5;1-2/h5-8,12,15-16,19-20,30H,9-10,13-14H2,1-4H3;5-8H,1-4H2;1-2H3/t16-,19?,20?;;/m1../s1. The second-order valence-electron chi connectivity index (χ2n) is 11.0. The highest BCUT2D eigenvalue weighted by Gasteiger charge is 2.37. The van der Waals surface area contributed by atoms with Gasteiger partial charge in [0.15, 0.2) is 0 Å². The number of aliphatic hydroxyl groups is 2. The summed E-state index contributed by atoms with van der Waals surface area (Å²) in [5.41, 5.74) is 0.950. The maximum absolute atomic E-state index is 13.3. The van der Waals surface area contributed by atoms with Crippen molar-refractivity contribution in [3.05, 3.63) is 53.9 Å². The summed E-state index contributed by atoms with van der Waals surface area (Å²) >= 11 is 0. The molecule has 11 nitrogen and oxygen atoms in total. The van der Waals surface area contributed by atoms with Crippen LogP contribution in [-0.2, 0) is 4.74 Å². The van der Waals surface area contributed by atoms with Crippen molar-refractivity contribution in [2.75, 3.05) is 52.5 Å². The molecule has 3 unspecified atom stereocenters. The number of piperazine rings is 2. The quantitative estimate of drug-likeness (QED) is 0.401. The van der Waals surface area contributed by atoms with Gasteiger partial charge in [-0.1, -0.05) is 26.0 Å². The number of rotatable bonds is 6. The number of aromatic nitrogens is 2. The number of benzene rings is 1. The van der Waals surface area contributed by atoms with Crippen LogP contribution in [0, 0.1) is 17.1 Å². The molecule has 0 aliphatic carbocycles. The number of hydrogen-bond acceptors (Lipinski definition) is 9. The molecule has 2 aliphatic heterocycles. The molecule has 4 N–H and O–H groups in total. The third kappa shape index (κ3) is 10.0. The second-order valence-corrected chi connectivity index (χ2v) is 11.0. The van der Waals surface area contributed by atoms with Crippen LogP contribution in [0.3, 0.4) is 0 Å². The summed E-state index contributed by atoms with van der Waals surface area (Å²) < 4.78 is 20.7.